The minimum absolute atomic E-state index is 0.0340. The Kier molecular flexibility index (Phi) is 5.00. The van der Waals surface area contributed by atoms with Crippen LogP contribution in [0, 0.1) is 0 Å². The molecule has 1 amide bonds. The first-order valence-corrected chi connectivity index (χ1v) is 8.18. The Morgan fingerprint density at radius 1 is 1.16 bits per heavy atom. The fourth-order valence-electron chi connectivity index (χ4n) is 2.71. The van der Waals surface area contributed by atoms with Gasteiger partial charge in [0.2, 0.25) is 0 Å². The third-order valence-corrected chi connectivity index (χ3v) is 4.08. The molecule has 2 aromatic carbocycles. The molecule has 0 bridgehead atoms. The van der Waals surface area contributed by atoms with Crippen molar-refractivity contribution in [1.82, 2.24) is 20.0 Å². The second-order valence-corrected chi connectivity index (χ2v) is 6.37. The molecule has 2 N–H and O–H groups in total. The molecule has 3 rings (SSSR count). The fraction of sp³-hybridized carbons (Fsp3) is 0.263. The molecule has 0 atom stereocenters. The topological polar surface area (TPSA) is 72.5 Å². The number of H-pyrrole nitrogens is 1. The minimum Gasteiger partial charge on any atom is -0.508 e. The van der Waals surface area contributed by atoms with E-state index in [1.165, 1.54) is 0 Å². The Morgan fingerprint density at radius 2 is 2.00 bits per heavy atom. The maximum absolute atomic E-state index is 13.0. The number of aromatic amines is 1. The predicted molar refractivity (Wildman–Crippen MR) is 97.5 cm³/mol. The summed E-state index contributed by atoms with van der Waals surface area (Å²) in [6.45, 7) is 1.81. The van der Waals surface area contributed by atoms with Crippen LogP contribution in [0.2, 0.25) is 0 Å². The first kappa shape index (κ1) is 17.0. The zero-order valence-electron chi connectivity index (χ0n) is 14.4. The van der Waals surface area contributed by atoms with Gasteiger partial charge in [-0.05, 0) is 50.0 Å². The van der Waals surface area contributed by atoms with Gasteiger partial charge < -0.3 is 14.9 Å². The van der Waals surface area contributed by atoms with Crippen molar-refractivity contribution in [2.75, 3.05) is 27.2 Å². The van der Waals surface area contributed by atoms with Gasteiger partial charge in [-0.25, -0.2) is 0 Å². The molecular weight excluding hydrogens is 316 g/mol. The predicted octanol–water partition coefficient (Wildman–Crippen LogP) is 2.47. The van der Waals surface area contributed by atoms with Crippen molar-refractivity contribution in [2.24, 2.45) is 0 Å². The van der Waals surface area contributed by atoms with Gasteiger partial charge in [-0.3, -0.25) is 9.89 Å². The van der Waals surface area contributed by atoms with Crippen LogP contribution in [-0.2, 0) is 6.54 Å². The van der Waals surface area contributed by atoms with Crippen molar-refractivity contribution >= 4 is 16.8 Å². The smallest absolute Gasteiger partial charge is 0.254 e. The molecule has 130 valence electrons. The largest absolute Gasteiger partial charge is 0.508 e. The molecule has 6 nitrogen and oxygen atoms in total. The molecule has 0 aliphatic rings. The molecule has 6 heteroatoms. The van der Waals surface area contributed by atoms with E-state index in [1.807, 2.05) is 43.3 Å². The van der Waals surface area contributed by atoms with Gasteiger partial charge in [0.05, 0.1) is 11.7 Å². The number of hydrogen-bond donors (Lipinski definition) is 2. The van der Waals surface area contributed by atoms with E-state index in [2.05, 4.69) is 10.2 Å². The molecule has 0 aliphatic carbocycles. The van der Waals surface area contributed by atoms with Gasteiger partial charge in [0.25, 0.3) is 5.91 Å². The van der Waals surface area contributed by atoms with Crippen molar-refractivity contribution in [1.29, 1.82) is 0 Å². The maximum Gasteiger partial charge on any atom is 0.254 e. The van der Waals surface area contributed by atoms with Gasteiger partial charge >= 0.3 is 0 Å². The van der Waals surface area contributed by atoms with E-state index in [-0.39, 0.29) is 11.7 Å². The molecule has 0 saturated carbocycles. The highest BCUT2D eigenvalue weighted by molar-refractivity contribution is 5.97. The summed E-state index contributed by atoms with van der Waals surface area (Å²) in [5.41, 5.74) is 2.44. The molecule has 0 saturated heterocycles. The number of fused-ring (bicyclic) bond motifs is 1. The Labute approximate surface area is 146 Å². The van der Waals surface area contributed by atoms with Crippen LogP contribution in [0.15, 0.2) is 48.7 Å². The lowest BCUT2D eigenvalue weighted by Gasteiger charge is -2.25. The van der Waals surface area contributed by atoms with Crippen LogP contribution in [0.5, 0.6) is 5.75 Å². The molecule has 0 fully saturated rings. The van der Waals surface area contributed by atoms with E-state index in [4.69, 9.17) is 0 Å². The van der Waals surface area contributed by atoms with Gasteiger partial charge in [-0.1, -0.05) is 12.1 Å². The van der Waals surface area contributed by atoms with Crippen LogP contribution in [0.3, 0.4) is 0 Å². The zero-order valence-corrected chi connectivity index (χ0v) is 14.4. The SMILES string of the molecule is CN(C)CCN(Cc1cccc(O)c1)C(=O)c1ccc2[nH]ncc2c1. The number of phenolic OH excluding ortho intramolecular Hbond substituents is 1. The van der Waals surface area contributed by atoms with Gasteiger partial charge in [0.15, 0.2) is 0 Å². The normalized spacial score (nSPS) is 11.2. The highest BCUT2D eigenvalue weighted by atomic mass is 16.3. The summed E-state index contributed by atoms with van der Waals surface area (Å²) in [5.74, 6) is 0.172. The van der Waals surface area contributed by atoms with Crippen LogP contribution in [-0.4, -0.2) is 58.2 Å². The highest BCUT2D eigenvalue weighted by Crippen LogP contribution is 2.17. The van der Waals surface area contributed by atoms with Crippen LogP contribution < -0.4 is 0 Å². The lowest BCUT2D eigenvalue weighted by atomic mass is 10.1. The number of nitrogens with zero attached hydrogens (tertiary/aromatic N) is 3. The molecule has 1 heterocycles. The average molecular weight is 338 g/mol. The number of carbonyl (C=O) groups excluding carboxylic acids is 1. The Balaban J connectivity index is 1.85. The number of aromatic nitrogens is 2. The maximum atomic E-state index is 13.0. The van der Waals surface area contributed by atoms with Gasteiger partial charge in [-0.2, -0.15) is 5.10 Å². The quantitative estimate of drug-likeness (QED) is 0.724. The Morgan fingerprint density at radius 3 is 2.76 bits per heavy atom. The molecule has 0 spiro atoms. The van der Waals surface area contributed by atoms with E-state index in [0.29, 0.717) is 18.7 Å². The second kappa shape index (κ2) is 7.36. The number of hydrogen-bond acceptors (Lipinski definition) is 4. The van der Waals surface area contributed by atoms with Crippen LogP contribution in [0.25, 0.3) is 10.9 Å². The van der Waals surface area contributed by atoms with Crippen molar-refractivity contribution in [2.45, 2.75) is 6.54 Å². The lowest BCUT2D eigenvalue weighted by Crippen LogP contribution is -2.36. The standard InChI is InChI=1S/C19H22N4O2/c1-22(2)8-9-23(13-14-4-3-5-17(24)10-14)19(25)15-6-7-18-16(11-15)12-20-21-18/h3-7,10-12,24H,8-9,13H2,1-2H3,(H,20,21). The van der Waals surface area contributed by atoms with Crippen molar-refractivity contribution < 1.29 is 9.90 Å². The summed E-state index contributed by atoms with van der Waals surface area (Å²) >= 11 is 0. The Bertz CT molecular complexity index is 872. The molecular formula is C19H22N4O2. The molecule has 25 heavy (non-hydrogen) atoms. The highest BCUT2D eigenvalue weighted by Gasteiger charge is 2.17. The van der Waals surface area contributed by atoms with Gasteiger partial charge in [-0.15, -0.1) is 0 Å². The Hall–Kier alpha value is -2.86. The summed E-state index contributed by atoms with van der Waals surface area (Å²) in [7, 11) is 3.96. The van der Waals surface area contributed by atoms with Crippen molar-refractivity contribution in [3.8, 4) is 5.75 Å². The summed E-state index contributed by atoms with van der Waals surface area (Å²) in [6.07, 6.45) is 1.71. The third-order valence-electron chi connectivity index (χ3n) is 4.08. The third kappa shape index (κ3) is 4.16. The number of aromatic hydroxyl groups is 1. The fourth-order valence-corrected chi connectivity index (χ4v) is 2.71. The van der Waals surface area contributed by atoms with Crippen molar-refractivity contribution in [3.05, 3.63) is 59.8 Å². The summed E-state index contributed by atoms with van der Waals surface area (Å²) in [4.78, 5) is 16.9. The van der Waals surface area contributed by atoms with E-state index in [9.17, 15) is 9.90 Å². The number of likely N-dealkylation sites (N-methyl/N-ethyl adjacent to an activating group) is 1. The van der Waals surface area contributed by atoms with E-state index >= 15 is 0 Å². The van der Waals surface area contributed by atoms with Crippen LogP contribution in [0.4, 0.5) is 0 Å². The molecule has 0 aliphatic heterocycles. The molecule has 3 aromatic rings. The number of amides is 1. The number of nitrogens with one attached hydrogen (secondary N) is 1. The zero-order chi connectivity index (χ0) is 17.8. The first-order chi connectivity index (χ1) is 12.0. The van der Waals surface area contributed by atoms with E-state index < -0.39 is 0 Å². The minimum atomic E-state index is -0.0340. The number of carbonyl (C=O) groups is 1. The summed E-state index contributed by atoms with van der Waals surface area (Å²) in [6, 6.07) is 12.6. The first-order valence-electron chi connectivity index (χ1n) is 8.18. The second-order valence-electron chi connectivity index (χ2n) is 6.37. The van der Waals surface area contributed by atoms with Crippen LogP contribution >= 0.6 is 0 Å². The molecule has 1 aromatic heterocycles. The van der Waals surface area contributed by atoms with E-state index in [0.717, 1.165) is 23.0 Å². The molecule has 0 unspecified atom stereocenters. The number of benzene rings is 2. The summed E-state index contributed by atoms with van der Waals surface area (Å²) in [5, 5.41) is 17.5. The van der Waals surface area contributed by atoms with Gasteiger partial charge in [0.1, 0.15) is 5.75 Å². The average Bonchev–Trinajstić information content (AvgIpc) is 3.05. The van der Waals surface area contributed by atoms with Crippen molar-refractivity contribution in [3.63, 3.8) is 0 Å². The number of phenols is 1. The van der Waals surface area contributed by atoms with E-state index in [1.54, 1.807) is 29.3 Å². The van der Waals surface area contributed by atoms with Crippen LogP contribution in [0.1, 0.15) is 15.9 Å². The molecule has 0 radical (unpaired) electrons. The summed E-state index contributed by atoms with van der Waals surface area (Å²) < 4.78 is 0. The van der Waals surface area contributed by atoms with Gasteiger partial charge in [0, 0.05) is 30.6 Å². The lowest BCUT2D eigenvalue weighted by molar-refractivity contribution is 0.0732. The number of rotatable bonds is 6. The monoisotopic (exact) mass is 338 g/mol.